The Hall–Kier alpha value is -3.59. The van der Waals surface area contributed by atoms with Crippen LogP contribution >= 0.6 is 0 Å². The molecule has 4 aromatic rings. The lowest BCUT2D eigenvalue weighted by atomic mass is 10.0. The Morgan fingerprint density at radius 3 is 2.53 bits per heavy atom. The molecule has 1 saturated heterocycles. The van der Waals surface area contributed by atoms with Crippen molar-refractivity contribution in [3.63, 3.8) is 0 Å². The first-order chi connectivity index (χ1) is 15.3. The lowest BCUT2D eigenvalue weighted by Crippen LogP contribution is -2.57. The van der Waals surface area contributed by atoms with Gasteiger partial charge in [0.1, 0.15) is 29.0 Å². The van der Waals surface area contributed by atoms with Gasteiger partial charge in [0.2, 0.25) is 0 Å². The van der Waals surface area contributed by atoms with E-state index in [4.69, 9.17) is 10.8 Å². The normalized spacial score (nSPS) is 15.9. The van der Waals surface area contributed by atoms with Gasteiger partial charge in [0.05, 0.1) is 5.69 Å². The average Bonchev–Trinajstić information content (AvgIpc) is 3.11. The number of nitrogens with two attached hydrogens (primary N) is 1. The molecule has 0 unspecified atom stereocenters. The van der Waals surface area contributed by atoms with Gasteiger partial charge in [0.15, 0.2) is 5.65 Å². The van der Waals surface area contributed by atoms with Gasteiger partial charge in [-0.2, -0.15) is 0 Å². The Balaban J connectivity index is 1.72. The lowest BCUT2D eigenvalue weighted by Gasteiger charge is -2.39. The number of nitrogens with zero attached hydrogens (tertiary/aromatic N) is 5. The number of piperazine rings is 1. The SMILES string of the molecule is CC1(C)CN(c2ccc3nc(-c4cc(F)cc(F)c4)c(-c4ccnc(N)c4)n3n2)CCN1. The van der Waals surface area contributed by atoms with E-state index in [9.17, 15) is 8.78 Å². The van der Waals surface area contributed by atoms with Gasteiger partial charge >= 0.3 is 0 Å². The van der Waals surface area contributed by atoms with E-state index in [2.05, 4.69) is 34.0 Å². The van der Waals surface area contributed by atoms with E-state index >= 15 is 0 Å². The van der Waals surface area contributed by atoms with Crippen molar-refractivity contribution in [3.05, 3.63) is 60.3 Å². The van der Waals surface area contributed by atoms with Crippen LogP contribution in [0.3, 0.4) is 0 Å². The van der Waals surface area contributed by atoms with Crippen LogP contribution in [-0.4, -0.2) is 44.8 Å². The van der Waals surface area contributed by atoms with Gasteiger partial charge in [0.25, 0.3) is 0 Å². The van der Waals surface area contributed by atoms with E-state index in [0.717, 1.165) is 31.5 Å². The Kier molecular flexibility index (Phi) is 4.78. The van der Waals surface area contributed by atoms with Crippen molar-refractivity contribution in [2.75, 3.05) is 30.3 Å². The fraction of sp³-hybridized carbons (Fsp3) is 0.261. The summed E-state index contributed by atoms with van der Waals surface area (Å²) in [5.74, 6) is -0.221. The van der Waals surface area contributed by atoms with E-state index in [1.54, 1.807) is 22.8 Å². The van der Waals surface area contributed by atoms with E-state index in [1.807, 2.05) is 12.1 Å². The number of fused-ring (bicyclic) bond motifs is 1. The van der Waals surface area contributed by atoms with Crippen molar-refractivity contribution in [2.24, 2.45) is 0 Å². The van der Waals surface area contributed by atoms with Gasteiger partial charge in [-0.15, -0.1) is 5.10 Å². The molecule has 0 atom stereocenters. The number of halogens is 2. The maximum atomic E-state index is 14.0. The number of imidazole rings is 1. The minimum absolute atomic E-state index is 0.0452. The molecule has 1 aliphatic rings. The molecule has 32 heavy (non-hydrogen) atoms. The molecular weight excluding hydrogens is 412 g/mol. The summed E-state index contributed by atoms with van der Waals surface area (Å²) in [5.41, 5.74) is 8.48. The van der Waals surface area contributed by atoms with Crippen LogP contribution < -0.4 is 16.0 Å². The monoisotopic (exact) mass is 435 g/mol. The van der Waals surface area contributed by atoms with Crippen molar-refractivity contribution in [3.8, 4) is 22.5 Å². The maximum Gasteiger partial charge on any atom is 0.155 e. The summed E-state index contributed by atoms with van der Waals surface area (Å²) in [6.07, 6.45) is 1.59. The third-order valence-electron chi connectivity index (χ3n) is 5.55. The van der Waals surface area contributed by atoms with Crippen molar-refractivity contribution in [2.45, 2.75) is 19.4 Å². The Morgan fingerprint density at radius 1 is 1.03 bits per heavy atom. The number of nitrogens with one attached hydrogen (secondary N) is 1. The highest BCUT2D eigenvalue weighted by atomic mass is 19.1. The summed E-state index contributed by atoms with van der Waals surface area (Å²) < 4.78 is 29.7. The van der Waals surface area contributed by atoms with E-state index in [1.165, 1.54) is 12.1 Å². The molecule has 0 radical (unpaired) electrons. The first-order valence-electron chi connectivity index (χ1n) is 10.4. The van der Waals surface area contributed by atoms with Crippen LogP contribution in [0.25, 0.3) is 28.2 Å². The third kappa shape index (κ3) is 3.75. The molecular formula is C23H23F2N7. The molecule has 0 bridgehead atoms. The lowest BCUT2D eigenvalue weighted by molar-refractivity contribution is 0.351. The van der Waals surface area contributed by atoms with Crippen LogP contribution in [0.5, 0.6) is 0 Å². The topological polar surface area (TPSA) is 84.4 Å². The van der Waals surface area contributed by atoms with Gasteiger partial charge < -0.3 is 16.0 Å². The smallest absolute Gasteiger partial charge is 0.155 e. The van der Waals surface area contributed by atoms with E-state index < -0.39 is 11.6 Å². The van der Waals surface area contributed by atoms with Crippen LogP contribution in [0.1, 0.15) is 13.8 Å². The molecule has 1 fully saturated rings. The second-order valence-electron chi connectivity index (χ2n) is 8.63. The van der Waals surface area contributed by atoms with Crippen molar-refractivity contribution in [1.29, 1.82) is 0 Å². The number of hydrogen-bond donors (Lipinski definition) is 2. The predicted molar refractivity (Wildman–Crippen MR) is 120 cm³/mol. The first kappa shape index (κ1) is 20.3. The summed E-state index contributed by atoms with van der Waals surface area (Å²) in [4.78, 5) is 10.9. The van der Waals surface area contributed by atoms with Crippen LogP contribution in [0.4, 0.5) is 20.4 Å². The number of rotatable bonds is 3. The summed E-state index contributed by atoms with van der Waals surface area (Å²) in [5, 5.41) is 8.36. The molecule has 164 valence electrons. The van der Waals surface area contributed by atoms with Gasteiger partial charge in [-0.1, -0.05) is 0 Å². The van der Waals surface area contributed by atoms with Crippen molar-refractivity contribution in [1.82, 2.24) is 24.9 Å². The Morgan fingerprint density at radius 2 is 1.81 bits per heavy atom. The van der Waals surface area contributed by atoms with Gasteiger partial charge in [-0.25, -0.2) is 23.3 Å². The summed E-state index contributed by atoms with van der Waals surface area (Å²) in [6, 6.07) is 10.6. The van der Waals surface area contributed by atoms with Crippen molar-refractivity contribution < 1.29 is 8.78 Å². The van der Waals surface area contributed by atoms with Gasteiger partial charge in [0, 0.05) is 48.6 Å². The molecule has 3 aromatic heterocycles. The molecule has 0 amide bonds. The molecule has 0 aliphatic carbocycles. The largest absolute Gasteiger partial charge is 0.384 e. The van der Waals surface area contributed by atoms with E-state index in [-0.39, 0.29) is 5.54 Å². The highest BCUT2D eigenvalue weighted by molar-refractivity contribution is 5.82. The van der Waals surface area contributed by atoms with E-state index in [0.29, 0.717) is 34.0 Å². The number of hydrogen-bond acceptors (Lipinski definition) is 6. The number of anilines is 2. The maximum absolute atomic E-state index is 14.0. The number of nitrogen functional groups attached to an aromatic ring is 1. The van der Waals surface area contributed by atoms with Gasteiger partial charge in [-0.05, 0) is 50.2 Å². The number of benzene rings is 1. The molecule has 5 rings (SSSR count). The highest BCUT2D eigenvalue weighted by Gasteiger charge is 2.27. The number of aromatic nitrogens is 4. The Bertz CT molecular complexity index is 1290. The summed E-state index contributed by atoms with van der Waals surface area (Å²) in [7, 11) is 0. The molecule has 0 saturated carbocycles. The molecule has 4 heterocycles. The molecule has 9 heteroatoms. The zero-order valence-electron chi connectivity index (χ0n) is 17.8. The van der Waals surface area contributed by atoms with Crippen LogP contribution in [-0.2, 0) is 0 Å². The second-order valence-corrected chi connectivity index (χ2v) is 8.63. The molecule has 1 aromatic carbocycles. The second kappa shape index (κ2) is 7.52. The average molecular weight is 435 g/mol. The highest BCUT2D eigenvalue weighted by Crippen LogP contribution is 2.34. The van der Waals surface area contributed by atoms with Crippen LogP contribution in [0, 0.1) is 11.6 Å². The van der Waals surface area contributed by atoms with Crippen LogP contribution in [0.15, 0.2) is 48.7 Å². The molecule has 0 spiro atoms. The van der Waals surface area contributed by atoms with Gasteiger partial charge in [-0.3, -0.25) is 0 Å². The van der Waals surface area contributed by atoms with Crippen LogP contribution in [0.2, 0.25) is 0 Å². The standard InChI is InChI=1S/C23H23F2N7/c1-23(2)13-31(8-7-28-23)20-4-3-19-29-21(15-9-16(24)12-17(25)10-15)22(32(19)30-20)14-5-6-27-18(26)11-14/h3-6,9-12,28H,7-8,13H2,1-2H3,(H2,26,27). The predicted octanol–water partition coefficient (Wildman–Crippen LogP) is 3.51. The molecule has 7 nitrogen and oxygen atoms in total. The fourth-order valence-electron chi connectivity index (χ4n) is 4.18. The Labute approximate surface area is 183 Å². The quantitative estimate of drug-likeness (QED) is 0.512. The molecule has 3 N–H and O–H groups in total. The summed E-state index contributed by atoms with van der Waals surface area (Å²) >= 11 is 0. The zero-order chi connectivity index (χ0) is 22.5. The minimum Gasteiger partial charge on any atom is -0.384 e. The first-order valence-corrected chi connectivity index (χ1v) is 10.4. The minimum atomic E-state index is -0.672. The number of pyridine rings is 1. The molecule has 1 aliphatic heterocycles. The van der Waals surface area contributed by atoms with Crippen molar-refractivity contribution >= 4 is 17.3 Å². The fourth-order valence-corrected chi connectivity index (χ4v) is 4.18. The zero-order valence-corrected chi connectivity index (χ0v) is 17.8. The third-order valence-corrected chi connectivity index (χ3v) is 5.55. The summed E-state index contributed by atoms with van der Waals surface area (Å²) in [6.45, 7) is 6.75.